The number of likely N-dealkylation sites (tertiary alicyclic amines) is 1. The minimum atomic E-state index is -1.41. The Balaban J connectivity index is 1.72. The van der Waals surface area contributed by atoms with E-state index in [1.54, 1.807) is 35.5 Å². The van der Waals surface area contributed by atoms with E-state index in [1.165, 1.54) is 12.1 Å². The molecule has 1 amide bonds. The molecule has 0 bridgehead atoms. The second kappa shape index (κ2) is 11.1. The van der Waals surface area contributed by atoms with Crippen molar-refractivity contribution >= 4 is 40.2 Å². The summed E-state index contributed by atoms with van der Waals surface area (Å²) in [4.78, 5) is 27.1. The van der Waals surface area contributed by atoms with Gasteiger partial charge in [-0.05, 0) is 67.5 Å². The number of carbonyl (C=O) groups excluding carboxylic acids is 1. The zero-order valence-corrected chi connectivity index (χ0v) is 21.2. The highest BCUT2D eigenvalue weighted by molar-refractivity contribution is 7.86. The minimum Gasteiger partial charge on any atom is -0.481 e. The van der Waals surface area contributed by atoms with Crippen molar-refractivity contribution in [3.63, 3.8) is 0 Å². The first-order valence-corrected chi connectivity index (χ1v) is 13.6. The first kappa shape index (κ1) is 25.6. The number of nitrogens with zero attached hydrogens (tertiary/aromatic N) is 2. The summed E-state index contributed by atoms with van der Waals surface area (Å²) < 4.78 is 28.8. The van der Waals surface area contributed by atoms with Crippen molar-refractivity contribution in [2.24, 2.45) is 11.8 Å². The second-order valence-electron chi connectivity index (χ2n) is 9.24. The molecule has 4 atom stereocenters. The van der Waals surface area contributed by atoms with Gasteiger partial charge in [0.1, 0.15) is 16.8 Å². The van der Waals surface area contributed by atoms with Crippen LogP contribution in [-0.4, -0.2) is 44.4 Å². The van der Waals surface area contributed by atoms with Crippen LogP contribution in [0, 0.1) is 17.7 Å². The Bertz CT molecular complexity index is 1100. The number of rotatable bonds is 10. The molecule has 188 valence electrons. The molecule has 0 radical (unpaired) electrons. The molecule has 2 unspecified atom stereocenters. The highest BCUT2D eigenvalue weighted by Crippen LogP contribution is 2.44. The average molecular weight is 521 g/mol. The lowest BCUT2D eigenvalue weighted by atomic mass is 9.84. The van der Waals surface area contributed by atoms with Crippen molar-refractivity contribution < 1.29 is 23.3 Å². The summed E-state index contributed by atoms with van der Waals surface area (Å²) in [5.41, 5.74) is 1.45. The first-order chi connectivity index (χ1) is 16.8. The Labute approximate surface area is 212 Å². The van der Waals surface area contributed by atoms with Gasteiger partial charge >= 0.3 is 5.97 Å². The topological polar surface area (TPSA) is 77.9 Å². The Morgan fingerprint density at radius 2 is 1.91 bits per heavy atom. The number of aliphatic carboxylic acids is 1. The van der Waals surface area contributed by atoms with Crippen LogP contribution >= 0.6 is 11.6 Å². The van der Waals surface area contributed by atoms with Gasteiger partial charge in [-0.1, -0.05) is 36.7 Å². The summed E-state index contributed by atoms with van der Waals surface area (Å²) in [6, 6.07) is 12.9. The van der Waals surface area contributed by atoms with Crippen LogP contribution in [-0.2, 0) is 20.6 Å². The predicted octanol–water partition coefficient (Wildman–Crippen LogP) is 5.20. The number of hydrogen-bond acceptors (Lipinski definition) is 3. The summed E-state index contributed by atoms with van der Waals surface area (Å²) in [5.74, 6) is -1.64. The molecule has 6 nitrogen and oxygen atoms in total. The highest BCUT2D eigenvalue weighted by atomic mass is 35.5. The Kier molecular flexibility index (Phi) is 8.12. The fourth-order valence-electron chi connectivity index (χ4n) is 5.00. The van der Waals surface area contributed by atoms with Crippen molar-refractivity contribution in [3.8, 4) is 0 Å². The van der Waals surface area contributed by atoms with Gasteiger partial charge < -0.3 is 10.0 Å². The second-order valence-corrected chi connectivity index (χ2v) is 11.3. The molecule has 2 aromatic carbocycles. The van der Waals surface area contributed by atoms with E-state index in [0.717, 1.165) is 18.4 Å². The molecule has 1 N–H and O–H groups in total. The van der Waals surface area contributed by atoms with Gasteiger partial charge in [-0.2, -0.15) is 0 Å². The lowest BCUT2D eigenvalue weighted by Gasteiger charge is -2.45. The number of piperidine rings is 1. The number of amides is 1. The van der Waals surface area contributed by atoms with Gasteiger partial charge in [-0.25, -0.2) is 8.60 Å². The van der Waals surface area contributed by atoms with E-state index in [1.807, 2.05) is 17.0 Å². The van der Waals surface area contributed by atoms with E-state index in [2.05, 4.69) is 0 Å². The molecule has 1 aliphatic heterocycles. The number of hydrogen-bond donors (Lipinski definition) is 1. The van der Waals surface area contributed by atoms with Gasteiger partial charge in [0.2, 0.25) is 5.91 Å². The van der Waals surface area contributed by atoms with E-state index >= 15 is 0 Å². The van der Waals surface area contributed by atoms with Crippen LogP contribution in [0.3, 0.4) is 0 Å². The minimum absolute atomic E-state index is 0.183. The third kappa shape index (κ3) is 6.04. The van der Waals surface area contributed by atoms with Crippen molar-refractivity contribution in [2.75, 3.05) is 16.6 Å². The number of carboxylic acids is 1. The molecule has 1 saturated heterocycles. The van der Waals surface area contributed by atoms with Gasteiger partial charge in [0.15, 0.2) is 0 Å². The normalized spacial score (nSPS) is 22.0. The van der Waals surface area contributed by atoms with Crippen molar-refractivity contribution in [1.82, 2.24) is 4.90 Å². The third-order valence-corrected chi connectivity index (χ3v) is 8.47. The van der Waals surface area contributed by atoms with Crippen LogP contribution in [0.5, 0.6) is 0 Å². The van der Waals surface area contributed by atoms with E-state index in [0.29, 0.717) is 29.3 Å². The largest absolute Gasteiger partial charge is 0.481 e. The lowest BCUT2D eigenvalue weighted by Crippen LogP contribution is -2.54. The molecule has 2 aliphatic rings. The molecular formula is C26H30ClFN2O4S. The molecule has 0 aromatic heterocycles. The quantitative estimate of drug-likeness (QED) is 0.467. The molecule has 4 rings (SSSR count). The molecule has 9 heteroatoms. The van der Waals surface area contributed by atoms with E-state index in [4.69, 9.17) is 11.6 Å². The average Bonchev–Trinajstić information content (AvgIpc) is 3.67. The zero-order valence-electron chi connectivity index (χ0n) is 19.6. The van der Waals surface area contributed by atoms with Crippen LogP contribution in [0.2, 0.25) is 5.02 Å². The number of benzene rings is 2. The summed E-state index contributed by atoms with van der Waals surface area (Å²) in [6.07, 6.45) is 2.77. The van der Waals surface area contributed by atoms with Gasteiger partial charge in [-0.3, -0.25) is 13.9 Å². The summed E-state index contributed by atoms with van der Waals surface area (Å²) in [7, 11) is -1.41. The van der Waals surface area contributed by atoms with Gasteiger partial charge in [0, 0.05) is 16.7 Å². The Morgan fingerprint density at radius 3 is 2.51 bits per heavy atom. The predicted molar refractivity (Wildman–Crippen MR) is 135 cm³/mol. The fourth-order valence-corrected chi connectivity index (χ4v) is 6.11. The van der Waals surface area contributed by atoms with Crippen LogP contribution in [0.1, 0.15) is 50.6 Å². The van der Waals surface area contributed by atoms with Crippen LogP contribution in [0.15, 0.2) is 48.5 Å². The molecule has 2 fully saturated rings. The third-order valence-electron chi connectivity index (χ3n) is 6.87. The van der Waals surface area contributed by atoms with Gasteiger partial charge in [0.05, 0.1) is 30.7 Å². The van der Waals surface area contributed by atoms with Crippen molar-refractivity contribution in [1.29, 1.82) is 0 Å². The Hall–Kier alpha value is -2.45. The SMILES string of the molecule is CCS(=O)N(CC(C1CC1)N1C(=O)[C@@H](CC(=O)O)CC[C@H]1c1ccc(Cl)cc1)c1cccc(F)c1. The van der Waals surface area contributed by atoms with Crippen LogP contribution in [0.4, 0.5) is 10.1 Å². The van der Waals surface area contributed by atoms with Crippen LogP contribution in [0.25, 0.3) is 0 Å². The van der Waals surface area contributed by atoms with E-state index in [9.17, 15) is 23.3 Å². The summed E-state index contributed by atoms with van der Waals surface area (Å²) in [6.45, 7) is 2.09. The maximum absolute atomic E-state index is 14.1. The molecule has 0 spiro atoms. The maximum atomic E-state index is 14.1. The highest BCUT2D eigenvalue weighted by Gasteiger charge is 2.46. The molecule has 1 saturated carbocycles. The first-order valence-electron chi connectivity index (χ1n) is 12.0. The Morgan fingerprint density at radius 1 is 1.20 bits per heavy atom. The summed E-state index contributed by atoms with van der Waals surface area (Å²) in [5, 5.41) is 10.00. The number of carbonyl (C=O) groups is 2. The van der Waals surface area contributed by atoms with E-state index < -0.39 is 28.7 Å². The van der Waals surface area contributed by atoms with Crippen molar-refractivity contribution in [2.45, 2.75) is 51.1 Å². The van der Waals surface area contributed by atoms with E-state index in [-0.39, 0.29) is 36.9 Å². The van der Waals surface area contributed by atoms with Gasteiger partial charge in [0.25, 0.3) is 0 Å². The molecule has 35 heavy (non-hydrogen) atoms. The summed E-state index contributed by atoms with van der Waals surface area (Å²) >= 11 is 6.10. The molecule has 1 aliphatic carbocycles. The maximum Gasteiger partial charge on any atom is 0.304 e. The number of carboxylic acid groups (broad SMARTS) is 1. The number of halogens is 2. The molecule has 2 aromatic rings. The monoisotopic (exact) mass is 520 g/mol. The van der Waals surface area contributed by atoms with Crippen LogP contribution < -0.4 is 4.31 Å². The molecular weight excluding hydrogens is 491 g/mol. The van der Waals surface area contributed by atoms with Gasteiger partial charge in [-0.15, -0.1) is 0 Å². The van der Waals surface area contributed by atoms with Crippen molar-refractivity contribution in [3.05, 3.63) is 64.9 Å². The zero-order chi connectivity index (χ0) is 25.1. The standard InChI is InChI=1S/C26H30ClFN2O4S/c1-2-35(34)29(22-5-3-4-21(28)15-22)16-24(18-6-7-18)30-23(17-8-11-20(27)12-9-17)13-10-19(26(30)33)14-25(31)32/h3-5,8-9,11-12,15,18-19,23-24H,2,6-7,10,13-14,16H2,1H3,(H,31,32)/t19-,23+,24?,35?/m1/s1. The molecule has 1 heterocycles. The smallest absolute Gasteiger partial charge is 0.304 e. The number of anilines is 1. The lowest BCUT2D eigenvalue weighted by molar-refractivity contribution is -0.151. The fraction of sp³-hybridized carbons (Fsp3) is 0.462.